The van der Waals surface area contributed by atoms with Crippen molar-refractivity contribution < 1.29 is 5.11 Å². The SMILES string of the molecule is CCN1CCC(N(C)CCCC(CC)(CO)NC)CC1. The molecule has 0 aromatic rings. The Morgan fingerprint density at radius 1 is 1.30 bits per heavy atom. The van der Waals surface area contributed by atoms with Crippen molar-refractivity contribution in [2.45, 2.75) is 57.5 Å². The summed E-state index contributed by atoms with van der Waals surface area (Å²) in [4.78, 5) is 5.07. The van der Waals surface area contributed by atoms with Gasteiger partial charge in [-0.05, 0) is 72.4 Å². The first-order chi connectivity index (χ1) is 9.60. The molecule has 0 aromatic heterocycles. The van der Waals surface area contributed by atoms with E-state index in [4.69, 9.17) is 0 Å². The first-order valence-corrected chi connectivity index (χ1v) is 8.33. The van der Waals surface area contributed by atoms with Gasteiger partial charge >= 0.3 is 0 Å². The fourth-order valence-corrected chi connectivity index (χ4v) is 3.27. The molecule has 1 fully saturated rings. The summed E-state index contributed by atoms with van der Waals surface area (Å²) < 4.78 is 0. The molecule has 1 heterocycles. The highest BCUT2D eigenvalue weighted by atomic mass is 16.3. The van der Waals surface area contributed by atoms with Crippen LogP contribution in [-0.2, 0) is 0 Å². The molecule has 1 saturated heterocycles. The van der Waals surface area contributed by atoms with E-state index in [1.54, 1.807) is 0 Å². The van der Waals surface area contributed by atoms with Gasteiger partial charge in [-0.25, -0.2) is 0 Å². The molecule has 20 heavy (non-hydrogen) atoms. The van der Waals surface area contributed by atoms with Crippen LogP contribution in [-0.4, -0.2) is 73.4 Å². The lowest BCUT2D eigenvalue weighted by molar-refractivity contribution is 0.118. The van der Waals surface area contributed by atoms with Crippen LogP contribution in [0.1, 0.15) is 46.0 Å². The zero-order valence-corrected chi connectivity index (χ0v) is 14.0. The van der Waals surface area contributed by atoms with Gasteiger partial charge in [0.25, 0.3) is 0 Å². The molecule has 2 N–H and O–H groups in total. The molecule has 0 amide bonds. The molecule has 1 aliphatic heterocycles. The molecule has 0 radical (unpaired) electrons. The Morgan fingerprint density at radius 3 is 2.40 bits per heavy atom. The van der Waals surface area contributed by atoms with Crippen LogP contribution in [0.2, 0.25) is 0 Å². The number of aliphatic hydroxyl groups is 1. The van der Waals surface area contributed by atoms with Crippen molar-refractivity contribution in [2.75, 3.05) is 46.9 Å². The molecule has 0 aliphatic carbocycles. The van der Waals surface area contributed by atoms with E-state index in [0.29, 0.717) is 0 Å². The lowest BCUT2D eigenvalue weighted by atomic mass is 9.91. The van der Waals surface area contributed by atoms with E-state index >= 15 is 0 Å². The zero-order chi connectivity index (χ0) is 15.0. The summed E-state index contributed by atoms with van der Waals surface area (Å²) in [5, 5.41) is 12.9. The standard InChI is InChI=1S/C16H35N3O/c1-5-16(14-20,17-3)10-7-11-18(4)15-8-12-19(6-2)13-9-15/h15,17,20H,5-14H2,1-4H3. The van der Waals surface area contributed by atoms with E-state index in [-0.39, 0.29) is 12.1 Å². The van der Waals surface area contributed by atoms with Crippen LogP contribution >= 0.6 is 0 Å². The molecule has 1 atom stereocenters. The molecular formula is C16H35N3O. The van der Waals surface area contributed by atoms with Gasteiger partial charge in [0.1, 0.15) is 0 Å². The van der Waals surface area contributed by atoms with Crippen LogP contribution in [0.4, 0.5) is 0 Å². The number of aliphatic hydroxyl groups excluding tert-OH is 1. The number of rotatable bonds is 9. The maximum Gasteiger partial charge on any atom is 0.0613 e. The van der Waals surface area contributed by atoms with Crippen LogP contribution in [0, 0.1) is 0 Å². The Morgan fingerprint density at radius 2 is 1.95 bits per heavy atom. The van der Waals surface area contributed by atoms with Gasteiger partial charge in [0.05, 0.1) is 6.61 Å². The molecule has 1 aliphatic rings. The van der Waals surface area contributed by atoms with Gasteiger partial charge in [0.15, 0.2) is 0 Å². The summed E-state index contributed by atoms with van der Waals surface area (Å²) in [6.45, 7) is 9.46. The maximum absolute atomic E-state index is 9.57. The quantitative estimate of drug-likeness (QED) is 0.674. The van der Waals surface area contributed by atoms with Crippen LogP contribution in [0.15, 0.2) is 0 Å². The average molecular weight is 285 g/mol. The van der Waals surface area contributed by atoms with Crippen molar-refractivity contribution in [1.82, 2.24) is 15.1 Å². The number of likely N-dealkylation sites (tertiary alicyclic amines) is 1. The topological polar surface area (TPSA) is 38.7 Å². The molecule has 0 bridgehead atoms. The second-order valence-electron chi connectivity index (χ2n) is 6.29. The van der Waals surface area contributed by atoms with Crippen molar-refractivity contribution >= 4 is 0 Å². The van der Waals surface area contributed by atoms with E-state index in [2.05, 4.69) is 36.0 Å². The highest BCUT2D eigenvalue weighted by Crippen LogP contribution is 2.19. The van der Waals surface area contributed by atoms with Crippen LogP contribution < -0.4 is 5.32 Å². The van der Waals surface area contributed by atoms with Crippen molar-refractivity contribution in [2.24, 2.45) is 0 Å². The third kappa shape index (κ3) is 4.99. The Labute approximate surface area is 125 Å². The smallest absolute Gasteiger partial charge is 0.0613 e. The minimum Gasteiger partial charge on any atom is -0.394 e. The first-order valence-electron chi connectivity index (χ1n) is 8.33. The summed E-state index contributed by atoms with van der Waals surface area (Å²) in [6, 6.07) is 0.748. The Balaban J connectivity index is 2.28. The van der Waals surface area contributed by atoms with Gasteiger partial charge in [-0.15, -0.1) is 0 Å². The number of nitrogens with one attached hydrogen (secondary N) is 1. The van der Waals surface area contributed by atoms with Crippen LogP contribution in [0.25, 0.3) is 0 Å². The molecule has 0 spiro atoms. The molecule has 120 valence electrons. The zero-order valence-electron chi connectivity index (χ0n) is 14.0. The van der Waals surface area contributed by atoms with E-state index < -0.39 is 0 Å². The van der Waals surface area contributed by atoms with Crippen molar-refractivity contribution in [3.8, 4) is 0 Å². The van der Waals surface area contributed by atoms with Gasteiger partial charge in [-0.2, -0.15) is 0 Å². The van der Waals surface area contributed by atoms with E-state index in [1.807, 2.05) is 7.05 Å². The van der Waals surface area contributed by atoms with E-state index in [0.717, 1.165) is 31.8 Å². The first kappa shape index (κ1) is 17.9. The fraction of sp³-hybridized carbons (Fsp3) is 1.00. The summed E-state index contributed by atoms with van der Waals surface area (Å²) in [5.41, 5.74) is -0.0770. The Bertz CT molecular complexity index is 240. The Hall–Kier alpha value is -0.160. The van der Waals surface area contributed by atoms with Gasteiger partial charge < -0.3 is 20.2 Å². The van der Waals surface area contributed by atoms with Crippen molar-refractivity contribution in [1.29, 1.82) is 0 Å². The maximum atomic E-state index is 9.57. The predicted octanol–water partition coefficient (Wildman–Crippen LogP) is 1.54. The van der Waals surface area contributed by atoms with Gasteiger partial charge in [0.2, 0.25) is 0 Å². The molecule has 0 aromatic carbocycles. The van der Waals surface area contributed by atoms with Gasteiger partial charge in [-0.1, -0.05) is 13.8 Å². The third-order valence-corrected chi connectivity index (χ3v) is 5.30. The highest BCUT2D eigenvalue weighted by molar-refractivity contribution is 4.85. The number of hydrogen-bond donors (Lipinski definition) is 2. The average Bonchev–Trinajstić information content (AvgIpc) is 2.52. The Kier molecular flexibility index (Phi) is 8.03. The minimum absolute atomic E-state index is 0.0770. The van der Waals surface area contributed by atoms with Crippen LogP contribution in [0.5, 0.6) is 0 Å². The minimum atomic E-state index is -0.0770. The van der Waals surface area contributed by atoms with Gasteiger partial charge in [0, 0.05) is 11.6 Å². The molecule has 4 nitrogen and oxygen atoms in total. The number of likely N-dealkylation sites (N-methyl/N-ethyl adjacent to an activating group) is 1. The second-order valence-corrected chi connectivity index (χ2v) is 6.29. The summed E-state index contributed by atoms with van der Waals surface area (Å²) in [5.74, 6) is 0. The normalized spacial score (nSPS) is 21.3. The largest absolute Gasteiger partial charge is 0.394 e. The highest BCUT2D eigenvalue weighted by Gasteiger charge is 2.26. The molecule has 4 heteroatoms. The molecule has 0 saturated carbocycles. The third-order valence-electron chi connectivity index (χ3n) is 5.30. The van der Waals surface area contributed by atoms with Gasteiger partial charge in [-0.3, -0.25) is 0 Å². The fourth-order valence-electron chi connectivity index (χ4n) is 3.27. The lowest BCUT2D eigenvalue weighted by Gasteiger charge is -2.37. The predicted molar refractivity (Wildman–Crippen MR) is 86.2 cm³/mol. The lowest BCUT2D eigenvalue weighted by Crippen LogP contribution is -2.47. The molecular weight excluding hydrogens is 250 g/mol. The van der Waals surface area contributed by atoms with Crippen molar-refractivity contribution in [3.63, 3.8) is 0 Å². The number of nitrogens with zero attached hydrogens (tertiary/aromatic N) is 2. The number of hydrogen-bond acceptors (Lipinski definition) is 4. The summed E-state index contributed by atoms with van der Waals surface area (Å²) >= 11 is 0. The molecule has 1 rings (SSSR count). The van der Waals surface area contributed by atoms with E-state index in [1.165, 1.54) is 32.5 Å². The monoisotopic (exact) mass is 285 g/mol. The number of piperidine rings is 1. The summed E-state index contributed by atoms with van der Waals surface area (Å²) in [6.07, 6.45) is 5.79. The summed E-state index contributed by atoms with van der Waals surface area (Å²) in [7, 11) is 4.22. The van der Waals surface area contributed by atoms with Crippen molar-refractivity contribution in [3.05, 3.63) is 0 Å². The van der Waals surface area contributed by atoms with Crippen LogP contribution in [0.3, 0.4) is 0 Å². The molecule has 1 unspecified atom stereocenters. The second kappa shape index (κ2) is 8.98. The van der Waals surface area contributed by atoms with E-state index in [9.17, 15) is 5.11 Å².